The monoisotopic (exact) mass is 451 g/mol. The highest BCUT2D eigenvalue weighted by atomic mass is 19.3. The van der Waals surface area contributed by atoms with Crippen LogP contribution in [0.15, 0.2) is 47.4 Å². The van der Waals surface area contributed by atoms with E-state index in [1.165, 1.54) is 38.8 Å². The van der Waals surface area contributed by atoms with Gasteiger partial charge in [0, 0.05) is 31.9 Å². The molecule has 1 aliphatic rings. The molecule has 4 heterocycles. The van der Waals surface area contributed by atoms with Crippen molar-refractivity contribution >= 4 is 22.7 Å². The summed E-state index contributed by atoms with van der Waals surface area (Å²) in [4.78, 5) is 25.9. The minimum atomic E-state index is -3.11. The molecule has 3 aromatic heterocycles. The molecule has 0 fully saturated rings. The number of fused-ring (bicyclic) bond motifs is 2. The van der Waals surface area contributed by atoms with E-state index in [9.17, 15) is 13.6 Å². The second kappa shape index (κ2) is 8.04. The van der Waals surface area contributed by atoms with E-state index in [4.69, 9.17) is 0 Å². The maximum absolute atomic E-state index is 13.9. The Balaban J connectivity index is 1.60. The van der Waals surface area contributed by atoms with Crippen LogP contribution in [0.4, 0.5) is 20.4 Å². The van der Waals surface area contributed by atoms with E-state index >= 15 is 0 Å². The number of nitrogens with one attached hydrogen (secondary N) is 2. The third-order valence-electron chi connectivity index (χ3n) is 5.73. The van der Waals surface area contributed by atoms with Gasteiger partial charge in [-0.3, -0.25) is 4.79 Å². The van der Waals surface area contributed by atoms with Crippen LogP contribution in [0.5, 0.6) is 0 Å². The maximum atomic E-state index is 13.9. The molecule has 1 aromatic carbocycles. The third-order valence-corrected chi connectivity index (χ3v) is 5.73. The number of hydrogen-bond acceptors (Lipinski definition) is 6. The summed E-state index contributed by atoms with van der Waals surface area (Å²) in [7, 11) is 0. The molecule has 5 rings (SSSR count). The van der Waals surface area contributed by atoms with Crippen LogP contribution in [-0.4, -0.2) is 30.9 Å². The third kappa shape index (κ3) is 3.86. The summed E-state index contributed by atoms with van der Waals surface area (Å²) in [5.41, 5.74) is 2.96. The first-order valence-electron chi connectivity index (χ1n) is 10.8. The average Bonchev–Trinajstić information content (AvgIpc) is 3.09. The van der Waals surface area contributed by atoms with Gasteiger partial charge in [-0.05, 0) is 55.3 Å². The molecular formula is C23H23F2N7O. The van der Waals surface area contributed by atoms with Crippen LogP contribution >= 0.6 is 0 Å². The second-order valence-corrected chi connectivity index (χ2v) is 8.07. The Labute approximate surface area is 188 Å². The fraction of sp³-hybridized carbons (Fsp3) is 0.304. The largest absolute Gasteiger partial charge is 0.324 e. The molecule has 0 spiro atoms. The molecule has 170 valence electrons. The number of halogens is 2. The molecule has 0 amide bonds. The van der Waals surface area contributed by atoms with Crippen molar-refractivity contribution in [1.82, 2.24) is 29.6 Å². The average molecular weight is 451 g/mol. The Morgan fingerprint density at radius 2 is 2.03 bits per heavy atom. The van der Waals surface area contributed by atoms with E-state index in [0.717, 1.165) is 32.1 Å². The molecule has 1 aliphatic heterocycles. The van der Waals surface area contributed by atoms with E-state index in [2.05, 4.69) is 37.7 Å². The molecule has 8 nitrogen and oxygen atoms in total. The van der Waals surface area contributed by atoms with Crippen molar-refractivity contribution in [2.45, 2.75) is 39.3 Å². The highest BCUT2D eigenvalue weighted by Gasteiger charge is 2.27. The summed E-state index contributed by atoms with van der Waals surface area (Å²) in [6, 6.07) is 10.4. The topological polar surface area (TPSA) is 89.7 Å². The zero-order valence-corrected chi connectivity index (χ0v) is 18.3. The number of nitrogens with zero attached hydrogens (tertiary/aromatic N) is 5. The fourth-order valence-corrected chi connectivity index (χ4v) is 4.08. The van der Waals surface area contributed by atoms with Gasteiger partial charge in [-0.1, -0.05) is 12.1 Å². The number of anilines is 2. The summed E-state index contributed by atoms with van der Waals surface area (Å²) in [6.07, 6.45) is 2.39. The van der Waals surface area contributed by atoms with Crippen molar-refractivity contribution in [3.05, 3.63) is 69.8 Å². The molecule has 2 N–H and O–H groups in total. The molecule has 0 unspecified atom stereocenters. The number of pyridine rings is 1. The minimum Gasteiger partial charge on any atom is -0.324 e. The smallest absolute Gasteiger partial charge is 0.287 e. The van der Waals surface area contributed by atoms with Gasteiger partial charge in [0.25, 0.3) is 11.5 Å². The fourth-order valence-electron chi connectivity index (χ4n) is 4.08. The Morgan fingerprint density at radius 1 is 1.18 bits per heavy atom. The molecule has 10 heteroatoms. The Morgan fingerprint density at radius 3 is 2.82 bits per heavy atom. The normalized spacial score (nSPS) is 13.8. The van der Waals surface area contributed by atoms with Crippen molar-refractivity contribution in [2.24, 2.45) is 0 Å². The standard InChI is InChI=1S/C23H23F2N7O/c1-3-31-21(33)17-13-27-22(28-16-8-7-15-12-26-10-9-14(15)11-16)30-20(17)32(31)19-6-4-5-18(29-19)23(2,24)25/h4-8,11,13,26H,3,9-10,12H2,1-2H3,(H,27,28,30). The zero-order valence-electron chi connectivity index (χ0n) is 18.3. The Hall–Kier alpha value is -3.66. The van der Waals surface area contributed by atoms with Gasteiger partial charge in [-0.15, -0.1) is 0 Å². The summed E-state index contributed by atoms with van der Waals surface area (Å²) in [6.45, 7) is 4.67. The van der Waals surface area contributed by atoms with Crippen molar-refractivity contribution in [3.8, 4) is 5.82 Å². The quantitative estimate of drug-likeness (QED) is 0.483. The zero-order chi connectivity index (χ0) is 23.2. The molecule has 0 radical (unpaired) electrons. The van der Waals surface area contributed by atoms with E-state index in [0.29, 0.717) is 18.1 Å². The van der Waals surface area contributed by atoms with Gasteiger partial charge in [0.1, 0.15) is 11.1 Å². The van der Waals surface area contributed by atoms with Gasteiger partial charge in [0.2, 0.25) is 5.95 Å². The molecule has 4 aromatic rings. The lowest BCUT2D eigenvalue weighted by molar-refractivity contribution is 0.0127. The van der Waals surface area contributed by atoms with Crippen molar-refractivity contribution in [2.75, 3.05) is 11.9 Å². The first-order chi connectivity index (χ1) is 15.8. The van der Waals surface area contributed by atoms with E-state index in [1.807, 2.05) is 6.07 Å². The van der Waals surface area contributed by atoms with Crippen LogP contribution in [0.3, 0.4) is 0 Å². The van der Waals surface area contributed by atoms with Crippen LogP contribution < -0.4 is 16.2 Å². The molecular weight excluding hydrogens is 428 g/mol. The lowest BCUT2D eigenvalue weighted by atomic mass is 10.0. The second-order valence-electron chi connectivity index (χ2n) is 8.07. The molecule has 33 heavy (non-hydrogen) atoms. The van der Waals surface area contributed by atoms with Gasteiger partial charge in [0.05, 0.1) is 0 Å². The predicted octanol–water partition coefficient (Wildman–Crippen LogP) is 3.50. The van der Waals surface area contributed by atoms with Gasteiger partial charge in [-0.2, -0.15) is 13.8 Å². The number of benzene rings is 1. The van der Waals surface area contributed by atoms with Gasteiger partial charge in [0.15, 0.2) is 11.5 Å². The van der Waals surface area contributed by atoms with Crippen LogP contribution in [0.25, 0.3) is 16.9 Å². The highest BCUT2D eigenvalue weighted by Crippen LogP contribution is 2.27. The summed E-state index contributed by atoms with van der Waals surface area (Å²) < 4.78 is 30.7. The minimum absolute atomic E-state index is 0.189. The van der Waals surface area contributed by atoms with Crippen molar-refractivity contribution in [1.29, 1.82) is 0 Å². The van der Waals surface area contributed by atoms with Crippen molar-refractivity contribution in [3.63, 3.8) is 0 Å². The molecule has 0 aliphatic carbocycles. The highest BCUT2D eigenvalue weighted by molar-refractivity contribution is 5.77. The van der Waals surface area contributed by atoms with Gasteiger partial charge in [-0.25, -0.2) is 19.3 Å². The number of aromatic nitrogens is 5. The molecule has 0 atom stereocenters. The summed E-state index contributed by atoms with van der Waals surface area (Å²) in [5, 5.41) is 6.83. The van der Waals surface area contributed by atoms with E-state index in [1.54, 1.807) is 13.0 Å². The molecule has 0 saturated heterocycles. The first kappa shape index (κ1) is 21.2. The van der Waals surface area contributed by atoms with Gasteiger partial charge < -0.3 is 10.6 Å². The number of rotatable bonds is 5. The lowest BCUT2D eigenvalue weighted by Gasteiger charge is -2.18. The SMILES string of the molecule is CCn1c(=O)c2cnc(Nc3ccc4c(c3)CCNC4)nc2n1-c1cccc(C(C)(F)F)n1. The predicted molar refractivity (Wildman–Crippen MR) is 121 cm³/mol. The van der Waals surface area contributed by atoms with E-state index in [-0.39, 0.29) is 22.5 Å². The lowest BCUT2D eigenvalue weighted by Crippen LogP contribution is -2.23. The van der Waals surface area contributed by atoms with Crippen LogP contribution in [-0.2, 0) is 25.4 Å². The number of alkyl halides is 2. The van der Waals surface area contributed by atoms with E-state index < -0.39 is 5.92 Å². The maximum Gasteiger partial charge on any atom is 0.287 e. The first-order valence-corrected chi connectivity index (χ1v) is 10.8. The Kier molecular flexibility index (Phi) is 5.16. The molecule has 0 bridgehead atoms. The van der Waals surface area contributed by atoms with Crippen LogP contribution in [0, 0.1) is 0 Å². The van der Waals surface area contributed by atoms with Crippen molar-refractivity contribution < 1.29 is 8.78 Å². The van der Waals surface area contributed by atoms with Crippen LogP contribution in [0.1, 0.15) is 30.7 Å². The number of hydrogen-bond donors (Lipinski definition) is 2. The Bertz CT molecular complexity index is 1400. The van der Waals surface area contributed by atoms with Gasteiger partial charge >= 0.3 is 0 Å². The van der Waals surface area contributed by atoms with Crippen LogP contribution in [0.2, 0.25) is 0 Å². The molecule has 0 saturated carbocycles. The summed E-state index contributed by atoms with van der Waals surface area (Å²) >= 11 is 0. The summed E-state index contributed by atoms with van der Waals surface area (Å²) in [5.74, 6) is -2.62.